The highest BCUT2D eigenvalue weighted by atomic mass is 35.5. The average molecular weight is 418 g/mol. The maximum absolute atomic E-state index is 12.5. The van der Waals surface area contributed by atoms with Gasteiger partial charge in [-0.1, -0.05) is 52.5 Å². The Balaban J connectivity index is 1.61. The number of carbonyl (C=O) groups is 1. The molecular formula is C18H16Cl4N2O. The van der Waals surface area contributed by atoms with Gasteiger partial charge in [0.15, 0.2) is 0 Å². The molecule has 3 rings (SSSR count). The summed E-state index contributed by atoms with van der Waals surface area (Å²) in [6, 6.07) is 10.9. The first-order chi connectivity index (χ1) is 11.9. The third kappa shape index (κ3) is 4.53. The molecule has 3 nitrogen and oxygen atoms in total. The fourth-order valence-corrected chi connectivity index (χ4v) is 3.70. The SMILES string of the molecule is O=C(Nc1cc(Cl)c(Cl)cc1Cl)C1CCN(c2cccc(Cl)c2)CC1. The van der Waals surface area contributed by atoms with Crippen molar-refractivity contribution in [1.82, 2.24) is 0 Å². The van der Waals surface area contributed by atoms with Crippen LogP contribution in [-0.4, -0.2) is 19.0 Å². The molecule has 0 radical (unpaired) electrons. The molecule has 0 saturated carbocycles. The summed E-state index contributed by atoms with van der Waals surface area (Å²) in [7, 11) is 0. The molecule has 1 amide bonds. The van der Waals surface area contributed by atoms with Crippen molar-refractivity contribution >= 4 is 63.7 Å². The summed E-state index contributed by atoms with van der Waals surface area (Å²) in [6.07, 6.45) is 1.52. The van der Waals surface area contributed by atoms with E-state index in [2.05, 4.69) is 10.2 Å². The molecule has 2 aromatic rings. The molecule has 0 unspecified atom stereocenters. The molecule has 1 fully saturated rings. The smallest absolute Gasteiger partial charge is 0.227 e. The molecular weight excluding hydrogens is 402 g/mol. The molecule has 1 N–H and O–H groups in total. The Hall–Kier alpha value is -1.13. The molecule has 25 heavy (non-hydrogen) atoms. The Kier molecular flexibility index (Phi) is 6.00. The van der Waals surface area contributed by atoms with Gasteiger partial charge in [0.25, 0.3) is 0 Å². The second-order valence-electron chi connectivity index (χ2n) is 5.98. The van der Waals surface area contributed by atoms with E-state index in [-0.39, 0.29) is 11.8 Å². The van der Waals surface area contributed by atoms with E-state index in [9.17, 15) is 4.79 Å². The number of halogens is 4. The van der Waals surface area contributed by atoms with Crippen LogP contribution in [0.1, 0.15) is 12.8 Å². The monoisotopic (exact) mass is 416 g/mol. The molecule has 1 heterocycles. The molecule has 7 heteroatoms. The van der Waals surface area contributed by atoms with Crippen molar-refractivity contribution in [2.24, 2.45) is 5.92 Å². The minimum Gasteiger partial charge on any atom is -0.371 e. The van der Waals surface area contributed by atoms with E-state index < -0.39 is 0 Å². The van der Waals surface area contributed by atoms with E-state index in [4.69, 9.17) is 46.4 Å². The Labute approximate surface area is 166 Å². The van der Waals surface area contributed by atoms with Gasteiger partial charge in [0.1, 0.15) is 0 Å². The van der Waals surface area contributed by atoms with Gasteiger partial charge in [-0.05, 0) is 43.2 Å². The highest BCUT2D eigenvalue weighted by Crippen LogP contribution is 2.33. The zero-order valence-corrected chi connectivity index (χ0v) is 16.3. The molecule has 132 valence electrons. The summed E-state index contributed by atoms with van der Waals surface area (Å²) < 4.78 is 0. The summed E-state index contributed by atoms with van der Waals surface area (Å²) in [4.78, 5) is 14.8. The maximum Gasteiger partial charge on any atom is 0.227 e. The van der Waals surface area contributed by atoms with Crippen LogP contribution in [0.5, 0.6) is 0 Å². The zero-order chi connectivity index (χ0) is 18.0. The van der Waals surface area contributed by atoms with Crippen LogP contribution in [0.25, 0.3) is 0 Å². The number of anilines is 2. The summed E-state index contributed by atoms with van der Waals surface area (Å²) >= 11 is 24.1. The van der Waals surface area contributed by atoms with Crippen LogP contribution in [0.15, 0.2) is 36.4 Å². The van der Waals surface area contributed by atoms with Crippen molar-refractivity contribution in [1.29, 1.82) is 0 Å². The Morgan fingerprint density at radius 1 is 0.960 bits per heavy atom. The first-order valence-electron chi connectivity index (χ1n) is 7.90. The van der Waals surface area contributed by atoms with Crippen LogP contribution in [0.3, 0.4) is 0 Å². The molecule has 0 aliphatic carbocycles. The molecule has 0 spiro atoms. The zero-order valence-electron chi connectivity index (χ0n) is 13.2. The van der Waals surface area contributed by atoms with Gasteiger partial charge in [0.05, 0.1) is 20.8 Å². The van der Waals surface area contributed by atoms with Crippen LogP contribution in [-0.2, 0) is 4.79 Å². The van der Waals surface area contributed by atoms with Crippen LogP contribution in [0.4, 0.5) is 11.4 Å². The fraction of sp³-hybridized carbons (Fsp3) is 0.278. The molecule has 1 aliphatic rings. The van der Waals surface area contributed by atoms with Crippen LogP contribution < -0.4 is 10.2 Å². The minimum absolute atomic E-state index is 0.0500. The van der Waals surface area contributed by atoms with E-state index in [1.807, 2.05) is 24.3 Å². The lowest BCUT2D eigenvalue weighted by Gasteiger charge is -2.33. The molecule has 1 saturated heterocycles. The number of benzene rings is 2. The molecule has 0 bridgehead atoms. The van der Waals surface area contributed by atoms with Gasteiger partial charge >= 0.3 is 0 Å². The summed E-state index contributed by atoms with van der Waals surface area (Å²) in [5, 5.41) is 4.67. The van der Waals surface area contributed by atoms with E-state index in [1.165, 1.54) is 6.07 Å². The predicted molar refractivity (Wildman–Crippen MR) is 106 cm³/mol. The van der Waals surface area contributed by atoms with Gasteiger partial charge in [-0.15, -0.1) is 0 Å². The quantitative estimate of drug-likeness (QED) is 0.606. The number of rotatable bonds is 3. The highest BCUT2D eigenvalue weighted by molar-refractivity contribution is 6.44. The van der Waals surface area contributed by atoms with Gasteiger partial charge in [-0.3, -0.25) is 4.79 Å². The van der Waals surface area contributed by atoms with E-state index in [0.29, 0.717) is 25.8 Å². The molecule has 0 atom stereocenters. The molecule has 1 aliphatic heterocycles. The van der Waals surface area contributed by atoms with Gasteiger partial charge in [-0.25, -0.2) is 0 Å². The standard InChI is InChI=1S/C18H16Cl4N2O/c19-12-2-1-3-13(8-12)24-6-4-11(5-7-24)18(25)23-17-10-15(21)14(20)9-16(17)22/h1-3,8-11H,4-7H2,(H,23,25). The molecule has 0 aromatic heterocycles. The fourth-order valence-electron chi connectivity index (χ4n) is 2.93. The topological polar surface area (TPSA) is 32.3 Å². The number of hydrogen-bond acceptors (Lipinski definition) is 2. The van der Waals surface area contributed by atoms with Crippen molar-refractivity contribution in [3.05, 3.63) is 56.5 Å². The number of nitrogens with one attached hydrogen (secondary N) is 1. The third-order valence-corrected chi connectivity index (χ3v) is 5.58. The minimum atomic E-state index is -0.0686. The van der Waals surface area contributed by atoms with Gasteiger partial charge in [0, 0.05) is 29.7 Å². The second kappa shape index (κ2) is 8.05. The largest absolute Gasteiger partial charge is 0.371 e. The number of amides is 1. The second-order valence-corrected chi connectivity index (χ2v) is 7.63. The van der Waals surface area contributed by atoms with E-state index >= 15 is 0 Å². The molecule has 2 aromatic carbocycles. The highest BCUT2D eigenvalue weighted by Gasteiger charge is 2.26. The van der Waals surface area contributed by atoms with E-state index in [0.717, 1.165) is 31.6 Å². The number of nitrogens with zero attached hydrogens (tertiary/aromatic N) is 1. The number of carbonyl (C=O) groups excluding carboxylic acids is 1. The summed E-state index contributed by atoms with van der Waals surface area (Å²) in [6.45, 7) is 1.60. The van der Waals surface area contributed by atoms with Crippen molar-refractivity contribution in [3.63, 3.8) is 0 Å². The lowest BCUT2D eigenvalue weighted by Crippen LogP contribution is -2.38. The first-order valence-corrected chi connectivity index (χ1v) is 9.41. The van der Waals surface area contributed by atoms with Crippen LogP contribution in [0.2, 0.25) is 20.1 Å². The summed E-state index contributed by atoms with van der Waals surface area (Å²) in [5.41, 5.74) is 1.57. The van der Waals surface area contributed by atoms with Gasteiger partial charge in [0.2, 0.25) is 5.91 Å². The van der Waals surface area contributed by atoms with Gasteiger partial charge < -0.3 is 10.2 Å². The average Bonchev–Trinajstić information content (AvgIpc) is 2.60. The Morgan fingerprint density at radius 2 is 1.64 bits per heavy atom. The lowest BCUT2D eigenvalue weighted by molar-refractivity contribution is -0.120. The first kappa shape index (κ1) is 18.7. The third-order valence-electron chi connectivity index (χ3n) is 4.31. The normalized spacial score (nSPS) is 15.3. The van der Waals surface area contributed by atoms with Crippen molar-refractivity contribution in [3.8, 4) is 0 Å². The van der Waals surface area contributed by atoms with Crippen LogP contribution in [0, 0.1) is 5.92 Å². The van der Waals surface area contributed by atoms with Crippen molar-refractivity contribution in [2.75, 3.05) is 23.3 Å². The van der Waals surface area contributed by atoms with Gasteiger partial charge in [-0.2, -0.15) is 0 Å². The number of piperidine rings is 1. The van der Waals surface area contributed by atoms with Crippen LogP contribution >= 0.6 is 46.4 Å². The van der Waals surface area contributed by atoms with Crippen molar-refractivity contribution < 1.29 is 4.79 Å². The summed E-state index contributed by atoms with van der Waals surface area (Å²) in [5.74, 6) is -0.119. The Bertz CT molecular complexity index is 789. The Morgan fingerprint density at radius 3 is 2.32 bits per heavy atom. The van der Waals surface area contributed by atoms with Crippen molar-refractivity contribution in [2.45, 2.75) is 12.8 Å². The maximum atomic E-state index is 12.5. The predicted octanol–water partition coefficient (Wildman–Crippen LogP) is 6.16. The number of hydrogen-bond donors (Lipinski definition) is 1. The lowest BCUT2D eigenvalue weighted by atomic mass is 9.95. The van der Waals surface area contributed by atoms with E-state index in [1.54, 1.807) is 6.07 Å².